The maximum absolute atomic E-state index is 5.50. The van der Waals surface area contributed by atoms with Crippen LogP contribution in [0, 0.1) is 0 Å². The molecule has 4 aromatic rings. The molecule has 22 heavy (non-hydrogen) atoms. The number of benzene rings is 2. The summed E-state index contributed by atoms with van der Waals surface area (Å²) in [5.41, 5.74) is 1.06. The van der Waals surface area contributed by atoms with Gasteiger partial charge in [-0.05, 0) is 23.6 Å². The summed E-state index contributed by atoms with van der Waals surface area (Å²) in [6, 6.07) is 16.4. The fraction of sp³-hybridized carbons (Fsp3) is 0.0556. The van der Waals surface area contributed by atoms with Gasteiger partial charge in [0.1, 0.15) is 5.82 Å². The molecule has 0 aliphatic carbocycles. The third-order valence-corrected chi connectivity index (χ3v) is 4.07. The van der Waals surface area contributed by atoms with Gasteiger partial charge in [-0.15, -0.1) is 0 Å². The van der Waals surface area contributed by atoms with Crippen molar-refractivity contribution in [1.82, 2.24) is 9.55 Å². The molecule has 0 N–H and O–H groups in total. The Labute approximate surface area is 126 Å². The largest absolute Gasteiger partial charge is 0.454 e. The van der Waals surface area contributed by atoms with Crippen molar-refractivity contribution in [1.29, 1.82) is 0 Å². The number of hydrogen-bond donors (Lipinski definition) is 0. The zero-order chi connectivity index (χ0) is 14.5. The minimum atomic E-state index is 0.286. The van der Waals surface area contributed by atoms with Crippen LogP contribution < -0.4 is 9.47 Å². The van der Waals surface area contributed by atoms with Gasteiger partial charge in [0.15, 0.2) is 11.5 Å². The van der Waals surface area contributed by atoms with Crippen molar-refractivity contribution >= 4 is 21.7 Å². The second-order valence-electron chi connectivity index (χ2n) is 5.31. The van der Waals surface area contributed by atoms with Crippen LogP contribution >= 0.6 is 0 Å². The first kappa shape index (κ1) is 11.6. The summed E-state index contributed by atoms with van der Waals surface area (Å²) in [5.74, 6) is 2.51. The van der Waals surface area contributed by atoms with E-state index in [1.165, 1.54) is 5.39 Å². The van der Waals surface area contributed by atoms with Crippen molar-refractivity contribution in [3.8, 4) is 17.3 Å². The topological polar surface area (TPSA) is 36.3 Å². The molecule has 106 valence electrons. The average Bonchev–Trinajstić information content (AvgIpc) is 3.18. The first-order valence-electron chi connectivity index (χ1n) is 7.15. The number of aromatic nitrogens is 2. The number of hydrogen-bond acceptors (Lipinski definition) is 3. The lowest BCUT2D eigenvalue weighted by Gasteiger charge is -2.08. The highest BCUT2D eigenvalue weighted by molar-refractivity contribution is 5.92. The molecule has 0 radical (unpaired) electrons. The summed E-state index contributed by atoms with van der Waals surface area (Å²) >= 11 is 0. The third-order valence-electron chi connectivity index (χ3n) is 4.07. The molecule has 0 amide bonds. The first-order chi connectivity index (χ1) is 10.9. The molecule has 0 saturated heterocycles. The predicted octanol–water partition coefficient (Wildman–Crippen LogP) is 3.91. The van der Waals surface area contributed by atoms with Crippen LogP contribution in [-0.2, 0) is 0 Å². The van der Waals surface area contributed by atoms with E-state index in [9.17, 15) is 0 Å². The summed E-state index contributed by atoms with van der Waals surface area (Å²) in [7, 11) is 0. The zero-order valence-electron chi connectivity index (χ0n) is 11.7. The highest BCUT2D eigenvalue weighted by atomic mass is 16.7. The van der Waals surface area contributed by atoms with Crippen molar-refractivity contribution < 1.29 is 9.47 Å². The summed E-state index contributed by atoms with van der Waals surface area (Å²) in [6.07, 6.45) is 3.88. The van der Waals surface area contributed by atoms with Gasteiger partial charge >= 0.3 is 0 Å². The van der Waals surface area contributed by atoms with Gasteiger partial charge in [0, 0.05) is 29.2 Å². The van der Waals surface area contributed by atoms with Crippen LogP contribution in [0.5, 0.6) is 11.5 Å². The van der Waals surface area contributed by atoms with E-state index in [1.54, 1.807) is 0 Å². The van der Waals surface area contributed by atoms with Gasteiger partial charge in [-0.25, -0.2) is 4.98 Å². The molecule has 5 rings (SSSR count). The highest BCUT2D eigenvalue weighted by Crippen LogP contribution is 2.37. The molecule has 2 aromatic carbocycles. The lowest BCUT2D eigenvalue weighted by Crippen LogP contribution is -1.96. The van der Waals surface area contributed by atoms with Crippen molar-refractivity contribution in [2.75, 3.05) is 6.79 Å². The third kappa shape index (κ3) is 1.55. The standard InChI is InChI=1S/C18H12N2O2/c1-2-4-14-12(3-1)5-7-19-18(14)20-8-6-13-9-16-17(10-15(13)20)22-11-21-16/h1-10H,11H2. The molecular weight excluding hydrogens is 276 g/mol. The smallest absolute Gasteiger partial charge is 0.231 e. The fourth-order valence-electron chi connectivity index (χ4n) is 3.00. The average molecular weight is 288 g/mol. The molecule has 0 fully saturated rings. The fourth-order valence-corrected chi connectivity index (χ4v) is 3.00. The van der Waals surface area contributed by atoms with E-state index in [4.69, 9.17) is 9.47 Å². The summed E-state index contributed by atoms with van der Waals surface area (Å²) in [4.78, 5) is 4.58. The van der Waals surface area contributed by atoms with Crippen LogP contribution in [0.1, 0.15) is 0 Å². The quantitative estimate of drug-likeness (QED) is 0.533. The van der Waals surface area contributed by atoms with Crippen LogP contribution in [0.2, 0.25) is 0 Å². The van der Waals surface area contributed by atoms with E-state index in [-0.39, 0.29) is 6.79 Å². The second-order valence-corrected chi connectivity index (χ2v) is 5.31. The molecule has 1 aliphatic heterocycles. The molecular formula is C18H12N2O2. The van der Waals surface area contributed by atoms with Gasteiger partial charge in [-0.3, -0.25) is 0 Å². The normalized spacial score (nSPS) is 13.1. The molecule has 0 saturated carbocycles. The maximum Gasteiger partial charge on any atom is 0.231 e. The lowest BCUT2D eigenvalue weighted by molar-refractivity contribution is 0.174. The van der Waals surface area contributed by atoms with E-state index >= 15 is 0 Å². The van der Waals surface area contributed by atoms with Crippen LogP contribution in [0.15, 0.2) is 60.9 Å². The Bertz CT molecular complexity index is 1010. The Morgan fingerprint density at radius 1 is 0.909 bits per heavy atom. The van der Waals surface area contributed by atoms with E-state index in [0.717, 1.165) is 33.6 Å². The summed E-state index contributed by atoms with van der Waals surface area (Å²) in [6.45, 7) is 0.286. The van der Waals surface area contributed by atoms with Gasteiger partial charge in [-0.1, -0.05) is 24.3 Å². The molecule has 1 aliphatic rings. The van der Waals surface area contributed by atoms with E-state index < -0.39 is 0 Å². The Morgan fingerprint density at radius 2 is 1.77 bits per heavy atom. The Hall–Kier alpha value is -3.01. The lowest BCUT2D eigenvalue weighted by atomic mass is 10.1. The van der Waals surface area contributed by atoms with Gasteiger partial charge in [-0.2, -0.15) is 0 Å². The van der Waals surface area contributed by atoms with Crippen LogP contribution in [0.25, 0.3) is 27.5 Å². The Balaban J connectivity index is 1.83. The number of fused-ring (bicyclic) bond motifs is 3. The van der Waals surface area contributed by atoms with Crippen molar-refractivity contribution in [2.24, 2.45) is 0 Å². The van der Waals surface area contributed by atoms with E-state index in [2.05, 4.69) is 27.8 Å². The van der Waals surface area contributed by atoms with E-state index in [1.807, 2.05) is 42.7 Å². The minimum absolute atomic E-state index is 0.286. The van der Waals surface area contributed by atoms with Crippen molar-refractivity contribution in [3.05, 3.63) is 60.9 Å². The summed E-state index contributed by atoms with van der Waals surface area (Å²) in [5, 5.41) is 3.41. The van der Waals surface area contributed by atoms with Gasteiger partial charge in [0.25, 0.3) is 0 Å². The van der Waals surface area contributed by atoms with Gasteiger partial charge < -0.3 is 14.0 Å². The number of ether oxygens (including phenoxy) is 2. The summed E-state index contributed by atoms with van der Waals surface area (Å²) < 4.78 is 13.0. The van der Waals surface area contributed by atoms with Crippen LogP contribution in [-0.4, -0.2) is 16.3 Å². The Kier molecular flexibility index (Phi) is 2.24. The van der Waals surface area contributed by atoms with Gasteiger partial charge in [0.2, 0.25) is 6.79 Å². The maximum atomic E-state index is 5.50. The molecule has 0 spiro atoms. The molecule has 0 atom stereocenters. The monoisotopic (exact) mass is 288 g/mol. The molecule has 4 heteroatoms. The van der Waals surface area contributed by atoms with Gasteiger partial charge in [0.05, 0.1) is 5.52 Å². The number of rotatable bonds is 1. The van der Waals surface area contributed by atoms with Crippen LogP contribution in [0.4, 0.5) is 0 Å². The van der Waals surface area contributed by atoms with Crippen LogP contribution in [0.3, 0.4) is 0 Å². The SMILES string of the molecule is c1ccc2c(-n3ccc4cc5c(cc43)OCO5)nccc2c1. The zero-order valence-corrected chi connectivity index (χ0v) is 11.7. The molecule has 0 bridgehead atoms. The molecule has 3 heterocycles. The molecule has 4 nitrogen and oxygen atoms in total. The first-order valence-corrected chi connectivity index (χ1v) is 7.15. The number of pyridine rings is 1. The van der Waals surface area contributed by atoms with Crippen molar-refractivity contribution in [3.63, 3.8) is 0 Å². The van der Waals surface area contributed by atoms with E-state index in [0.29, 0.717) is 0 Å². The minimum Gasteiger partial charge on any atom is -0.454 e. The van der Waals surface area contributed by atoms with Crippen molar-refractivity contribution in [2.45, 2.75) is 0 Å². The highest BCUT2D eigenvalue weighted by Gasteiger charge is 2.17. The molecule has 2 aromatic heterocycles. The Morgan fingerprint density at radius 3 is 2.73 bits per heavy atom. The number of nitrogens with zero attached hydrogens (tertiary/aromatic N) is 2. The molecule has 0 unspecified atom stereocenters. The second kappa shape index (κ2) is 4.24. The predicted molar refractivity (Wildman–Crippen MR) is 84.7 cm³/mol.